The summed E-state index contributed by atoms with van der Waals surface area (Å²) in [7, 11) is 1.67. The van der Waals surface area contributed by atoms with Crippen LogP contribution in [0, 0.1) is 5.92 Å². The SMILES string of the molecule is COc1ccccc1CN1C[C@@H](C(N)=O)CC[C@]1(C)C1=CCN(c2ccc3cn[nH]c3c2)C(N)N1N. The summed E-state index contributed by atoms with van der Waals surface area (Å²) in [5.41, 5.74) is 15.9. The van der Waals surface area contributed by atoms with Gasteiger partial charge in [0.1, 0.15) is 5.75 Å². The van der Waals surface area contributed by atoms with Crippen molar-refractivity contribution in [1.29, 1.82) is 0 Å². The molecule has 1 amide bonds. The molecule has 190 valence electrons. The van der Waals surface area contributed by atoms with Crippen LogP contribution in [-0.2, 0) is 11.3 Å². The third-order valence-electron chi connectivity index (χ3n) is 7.75. The number of benzene rings is 2. The summed E-state index contributed by atoms with van der Waals surface area (Å²) in [6, 6.07) is 14.0. The van der Waals surface area contributed by atoms with E-state index in [0.717, 1.165) is 40.0 Å². The summed E-state index contributed by atoms with van der Waals surface area (Å²) in [4.78, 5) is 16.5. The predicted molar refractivity (Wildman–Crippen MR) is 139 cm³/mol. The minimum atomic E-state index is -0.566. The number of fused-ring (bicyclic) bond motifs is 1. The number of nitrogens with zero attached hydrogens (tertiary/aromatic N) is 4. The van der Waals surface area contributed by atoms with E-state index in [0.29, 0.717) is 26.1 Å². The Kier molecular flexibility index (Phi) is 6.33. The fourth-order valence-corrected chi connectivity index (χ4v) is 5.52. The second-order valence-corrected chi connectivity index (χ2v) is 9.81. The van der Waals surface area contributed by atoms with Crippen LogP contribution in [0.2, 0.25) is 0 Å². The highest BCUT2D eigenvalue weighted by Gasteiger charge is 2.46. The van der Waals surface area contributed by atoms with Crippen molar-refractivity contribution in [3.05, 3.63) is 66.0 Å². The first kappa shape index (κ1) is 24.1. The molecule has 0 aliphatic carbocycles. The van der Waals surface area contributed by atoms with Crippen molar-refractivity contribution in [2.24, 2.45) is 23.2 Å². The molecule has 7 N–H and O–H groups in total. The van der Waals surface area contributed by atoms with Crippen molar-refractivity contribution in [2.75, 3.05) is 25.1 Å². The van der Waals surface area contributed by atoms with E-state index < -0.39 is 11.8 Å². The van der Waals surface area contributed by atoms with Gasteiger partial charge >= 0.3 is 0 Å². The smallest absolute Gasteiger partial charge is 0.221 e. The molecule has 2 aliphatic heterocycles. The average Bonchev–Trinajstić information content (AvgIpc) is 3.35. The summed E-state index contributed by atoms with van der Waals surface area (Å²) < 4.78 is 5.60. The number of hydrogen-bond acceptors (Lipinski definition) is 8. The number of carbonyl (C=O) groups excluding carboxylic acids is 1. The van der Waals surface area contributed by atoms with E-state index in [2.05, 4.69) is 28.1 Å². The number of para-hydroxylation sites is 1. The van der Waals surface area contributed by atoms with Gasteiger partial charge in [-0.3, -0.25) is 25.5 Å². The van der Waals surface area contributed by atoms with Gasteiger partial charge in [0.05, 0.1) is 36.0 Å². The highest BCUT2D eigenvalue weighted by atomic mass is 16.5. The summed E-state index contributed by atoms with van der Waals surface area (Å²) in [5, 5.41) is 9.81. The molecule has 3 aromatic rings. The Morgan fingerprint density at radius 3 is 2.86 bits per heavy atom. The highest BCUT2D eigenvalue weighted by molar-refractivity contribution is 5.82. The van der Waals surface area contributed by atoms with E-state index in [1.165, 1.54) is 0 Å². The van der Waals surface area contributed by atoms with Crippen LogP contribution in [0.25, 0.3) is 10.9 Å². The lowest BCUT2D eigenvalue weighted by molar-refractivity contribution is -0.125. The van der Waals surface area contributed by atoms with Gasteiger partial charge in [0, 0.05) is 36.3 Å². The number of aromatic amines is 1. The molecule has 0 bridgehead atoms. The largest absolute Gasteiger partial charge is 0.496 e. The molecule has 5 rings (SSSR count). The standard InChI is InChI=1S/C26H34N8O2/c1-26(11-9-19(24(27)35)16-32(26)15-18-5-3-4-6-22(18)36-2)23-10-12-33(25(28)34(23)29)20-8-7-17-14-30-31-21(17)13-20/h3-8,10,13-14,19,25H,9,11-12,15-16,28-29H2,1-2H3,(H2,27,35)(H,30,31)/t19-,25?,26+/m0/s1. The summed E-state index contributed by atoms with van der Waals surface area (Å²) in [6.07, 6.45) is 4.78. The number of piperidine rings is 1. The molecule has 36 heavy (non-hydrogen) atoms. The van der Waals surface area contributed by atoms with Gasteiger partial charge in [0.25, 0.3) is 0 Å². The van der Waals surface area contributed by atoms with Gasteiger partial charge in [-0.05, 0) is 50.1 Å². The van der Waals surface area contributed by atoms with Crippen LogP contribution in [0.4, 0.5) is 5.69 Å². The van der Waals surface area contributed by atoms with E-state index in [4.69, 9.17) is 22.0 Å². The number of methoxy groups -OCH3 is 1. The number of hydrazine groups is 1. The van der Waals surface area contributed by atoms with Gasteiger partial charge in [-0.25, -0.2) is 5.84 Å². The number of carbonyl (C=O) groups is 1. The van der Waals surface area contributed by atoms with Crippen LogP contribution in [0.5, 0.6) is 5.75 Å². The second kappa shape index (κ2) is 9.45. The number of primary amides is 1. The van der Waals surface area contributed by atoms with Gasteiger partial charge in [-0.15, -0.1) is 0 Å². The number of nitrogens with two attached hydrogens (primary N) is 3. The maximum Gasteiger partial charge on any atom is 0.221 e. The molecule has 2 aliphatic rings. The maximum absolute atomic E-state index is 12.1. The Bertz CT molecular complexity index is 1290. The molecule has 1 saturated heterocycles. The summed E-state index contributed by atoms with van der Waals surface area (Å²) in [5.74, 6) is 7.00. The summed E-state index contributed by atoms with van der Waals surface area (Å²) >= 11 is 0. The topological polar surface area (TPSA) is 143 Å². The number of rotatable bonds is 6. The lowest BCUT2D eigenvalue weighted by atomic mass is 9.79. The number of anilines is 1. The van der Waals surface area contributed by atoms with Gasteiger partial charge in [-0.2, -0.15) is 5.10 Å². The van der Waals surface area contributed by atoms with E-state index in [-0.39, 0.29) is 11.8 Å². The number of amides is 1. The molecule has 10 nitrogen and oxygen atoms in total. The molecule has 0 radical (unpaired) electrons. The van der Waals surface area contributed by atoms with Crippen molar-refractivity contribution in [2.45, 2.75) is 38.1 Å². The van der Waals surface area contributed by atoms with Gasteiger partial charge in [0.15, 0.2) is 6.29 Å². The molecule has 0 spiro atoms. The van der Waals surface area contributed by atoms with Crippen LogP contribution in [0.15, 0.2) is 60.4 Å². The van der Waals surface area contributed by atoms with Crippen LogP contribution in [-0.4, -0.2) is 58.0 Å². The normalized spacial score (nSPS) is 25.2. The first-order valence-corrected chi connectivity index (χ1v) is 12.2. The zero-order valence-electron chi connectivity index (χ0n) is 20.7. The second-order valence-electron chi connectivity index (χ2n) is 9.81. The lowest BCUT2D eigenvalue weighted by Crippen LogP contribution is -2.66. The Labute approximate surface area is 210 Å². The zero-order chi connectivity index (χ0) is 25.4. The molecule has 1 fully saturated rings. The zero-order valence-corrected chi connectivity index (χ0v) is 20.7. The summed E-state index contributed by atoms with van der Waals surface area (Å²) in [6.45, 7) is 3.89. The molecular weight excluding hydrogens is 456 g/mol. The Hall–Kier alpha value is -3.60. The molecule has 0 saturated carbocycles. The fourth-order valence-electron chi connectivity index (χ4n) is 5.52. The molecule has 3 heterocycles. The van der Waals surface area contributed by atoms with Gasteiger partial charge < -0.3 is 15.4 Å². The van der Waals surface area contributed by atoms with Crippen LogP contribution < -0.4 is 26.9 Å². The third kappa shape index (κ3) is 4.17. The predicted octanol–water partition coefficient (Wildman–Crippen LogP) is 1.85. The molecule has 3 atom stereocenters. The minimum absolute atomic E-state index is 0.227. The first-order chi connectivity index (χ1) is 17.3. The molecule has 2 aromatic carbocycles. The third-order valence-corrected chi connectivity index (χ3v) is 7.75. The van der Waals surface area contributed by atoms with Crippen molar-refractivity contribution in [3.63, 3.8) is 0 Å². The number of ether oxygens (including phenoxy) is 1. The Morgan fingerprint density at radius 1 is 1.28 bits per heavy atom. The minimum Gasteiger partial charge on any atom is -0.496 e. The highest BCUT2D eigenvalue weighted by Crippen LogP contribution is 2.41. The number of hydrogen-bond donors (Lipinski definition) is 4. The van der Waals surface area contributed by atoms with Gasteiger partial charge in [0.2, 0.25) is 5.91 Å². The van der Waals surface area contributed by atoms with Crippen molar-refractivity contribution < 1.29 is 9.53 Å². The number of nitrogens with one attached hydrogen (secondary N) is 1. The van der Waals surface area contributed by atoms with Crippen LogP contribution >= 0.6 is 0 Å². The lowest BCUT2D eigenvalue weighted by Gasteiger charge is -2.53. The van der Waals surface area contributed by atoms with Crippen molar-refractivity contribution in [1.82, 2.24) is 20.1 Å². The van der Waals surface area contributed by atoms with E-state index in [9.17, 15) is 4.79 Å². The number of H-pyrrole nitrogens is 1. The van der Waals surface area contributed by atoms with E-state index >= 15 is 0 Å². The molecular formula is C26H34N8O2. The molecule has 1 unspecified atom stereocenters. The molecule has 1 aromatic heterocycles. The van der Waals surface area contributed by atoms with Crippen molar-refractivity contribution in [3.8, 4) is 5.75 Å². The number of aromatic nitrogens is 2. The van der Waals surface area contributed by atoms with Crippen molar-refractivity contribution >= 4 is 22.5 Å². The first-order valence-electron chi connectivity index (χ1n) is 12.2. The Morgan fingerprint density at radius 2 is 2.08 bits per heavy atom. The van der Waals surface area contributed by atoms with Crippen LogP contribution in [0.3, 0.4) is 0 Å². The quantitative estimate of drug-likeness (QED) is 0.384. The van der Waals surface area contributed by atoms with E-state index in [1.807, 2.05) is 47.4 Å². The monoisotopic (exact) mass is 490 g/mol. The molecule has 10 heteroatoms. The maximum atomic E-state index is 12.1. The van der Waals surface area contributed by atoms with Gasteiger partial charge in [-0.1, -0.05) is 18.2 Å². The number of likely N-dealkylation sites (tertiary alicyclic amines) is 1. The van der Waals surface area contributed by atoms with Crippen LogP contribution in [0.1, 0.15) is 25.3 Å². The average molecular weight is 491 g/mol. The fraction of sp³-hybridized carbons (Fsp3) is 0.385. The van der Waals surface area contributed by atoms with E-state index in [1.54, 1.807) is 18.3 Å². The Balaban J connectivity index is 1.47.